The van der Waals surface area contributed by atoms with Crippen molar-refractivity contribution < 1.29 is 10.2 Å². The maximum absolute atomic E-state index is 9.06. The third-order valence-electron chi connectivity index (χ3n) is 2.24. The smallest absolute Gasteiger partial charge is 0.0895 e. The average Bonchev–Trinajstić information content (AvgIpc) is 2.47. The summed E-state index contributed by atoms with van der Waals surface area (Å²) >= 11 is 0. The molecular weight excluding hydrogens is 156 g/mol. The highest BCUT2D eigenvalue weighted by Gasteiger charge is 2.19. The molecule has 0 radical (unpaired) electrons. The molecule has 0 aromatic rings. The van der Waals surface area contributed by atoms with Crippen molar-refractivity contribution in [1.29, 1.82) is 0 Å². The first-order valence-electron chi connectivity index (χ1n) is 4.43. The minimum absolute atomic E-state index is 0.157. The van der Waals surface area contributed by atoms with Gasteiger partial charge in [-0.05, 0) is 20.0 Å². The van der Waals surface area contributed by atoms with Crippen LogP contribution in [0.25, 0.3) is 0 Å². The van der Waals surface area contributed by atoms with Crippen LogP contribution < -0.4 is 5.32 Å². The van der Waals surface area contributed by atoms with Gasteiger partial charge in [0.2, 0.25) is 0 Å². The third kappa shape index (κ3) is 3.06. The molecule has 1 aliphatic rings. The van der Waals surface area contributed by atoms with E-state index in [2.05, 4.69) is 17.3 Å². The topological polar surface area (TPSA) is 55.7 Å². The molecule has 0 aliphatic carbocycles. The highest BCUT2D eigenvalue weighted by atomic mass is 16.3. The van der Waals surface area contributed by atoms with Gasteiger partial charge in [-0.25, -0.2) is 0 Å². The zero-order valence-corrected chi connectivity index (χ0v) is 7.53. The number of nitrogens with one attached hydrogen (secondary N) is 1. The highest BCUT2D eigenvalue weighted by Crippen LogP contribution is 2.05. The number of likely N-dealkylation sites (N-methyl/N-ethyl adjacent to an activating group) is 1. The van der Waals surface area contributed by atoms with E-state index in [-0.39, 0.29) is 6.61 Å². The second kappa shape index (κ2) is 4.77. The summed E-state index contributed by atoms with van der Waals surface area (Å²) in [5.41, 5.74) is 0. The fraction of sp³-hybridized carbons (Fsp3) is 1.00. The van der Waals surface area contributed by atoms with Gasteiger partial charge in [0, 0.05) is 19.1 Å². The summed E-state index contributed by atoms with van der Waals surface area (Å²) in [7, 11) is 2.09. The lowest BCUT2D eigenvalue weighted by Gasteiger charge is -2.14. The quantitative estimate of drug-likeness (QED) is 0.492. The van der Waals surface area contributed by atoms with Crippen LogP contribution in [0.3, 0.4) is 0 Å². The second-order valence-electron chi connectivity index (χ2n) is 3.49. The molecule has 4 heteroatoms. The number of hydrogen-bond acceptors (Lipinski definition) is 4. The molecule has 0 amide bonds. The number of aliphatic hydroxyl groups excluding tert-OH is 2. The predicted molar refractivity (Wildman–Crippen MR) is 47.0 cm³/mol. The Balaban J connectivity index is 2.07. The molecule has 3 N–H and O–H groups in total. The molecule has 4 nitrogen and oxygen atoms in total. The van der Waals surface area contributed by atoms with Gasteiger partial charge in [0.15, 0.2) is 0 Å². The Hall–Kier alpha value is -0.160. The van der Waals surface area contributed by atoms with Crippen LogP contribution in [0.2, 0.25) is 0 Å². The number of likely N-dealkylation sites (tertiary alicyclic amines) is 1. The van der Waals surface area contributed by atoms with Crippen LogP contribution in [0.15, 0.2) is 0 Å². The van der Waals surface area contributed by atoms with Crippen LogP contribution in [0.1, 0.15) is 6.42 Å². The standard InChI is InChI=1S/C8H18N2O2/c1-10-3-2-7(5-10)9-4-8(12)6-11/h7-9,11-12H,2-6H2,1H3/t7?,8-/m0/s1. The van der Waals surface area contributed by atoms with E-state index in [0.717, 1.165) is 19.5 Å². The van der Waals surface area contributed by atoms with Crippen molar-refractivity contribution in [2.45, 2.75) is 18.6 Å². The zero-order valence-electron chi connectivity index (χ0n) is 7.53. The fourth-order valence-corrected chi connectivity index (χ4v) is 1.47. The van der Waals surface area contributed by atoms with Gasteiger partial charge in [-0.3, -0.25) is 0 Å². The van der Waals surface area contributed by atoms with Gasteiger partial charge < -0.3 is 20.4 Å². The van der Waals surface area contributed by atoms with Gasteiger partial charge in [-0.15, -0.1) is 0 Å². The van der Waals surface area contributed by atoms with Crippen LogP contribution in [0, 0.1) is 0 Å². The van der Waals surface area contributed by atoms with E-state index in [1.165, 1.54) is 0 Å². The first-order chi connectivity index (χ1) is 5.72. The van der Waals surface area contributed by atoms with Gasteiger partial charge in [0.05, 0.1) is 12.7 Å². The summed E-state index contributed by atoms with van der Waals surface area (Å²) in [6.45, 7) is 2.50. The largest absolute Gasteiger partial charge is 0.394 e. The molecule has 0 bridgehead atoms. The lowest BCUT2D eigenvalue weighted by Crippen LogP contribution is -2.38. The molecule has 1 rings (SSSR count). The fourth-order valence-electron chi connectivity index (χ4n) is 1.47. The van der Waals surface area contributed by atoms with E-state index in [1.54, 1.807) is 0 Å². The molecule has 12 heavy (non-hydrogen) atoms. The summed E-state index contributed by atoms with van der Waals surface area (Å²) in [6, 6.07) is 0.483. The Morgan fingerprint density at radius 3 is 2.92 bits per heavy atom. The predicted octanol–water partition coefficient (Wildman–Crippen LogP) is -1.37. The van der Waals surface area contributed by atoms with Crippen LogP contribution in [-0.2, 0) is 0 Å². The lowest BCUT2D eigenvalue weighted by molar-refractivity contribution is 0.0921. The SMILES string of the molecule is CN1CCC(NC[C@H](O)CO)C1. The molecule has 1 aliphatic heterocycles. The van der Waals surface area contributed by atoms with Gasteiger partial charge in [0.25, 0.3) is 0 Å². The summed E-state index contributed by atoms with van der Waals surface area (Å²) in [5, 5.41) is 20.8. The number of aliphatic hydroxyl groups is 2. The number of nitrogens with zero attached hydrogens (tertiary/aromatic N) is 1. The van der Waals surface area contributed by atoms with Gasteiger partial charge >= 0.3 is 0 Å². The van der Waals surface area contributed by atoms with E-state index >= 15 is 0 Å². The van der Waals surface area contributed by atoms with E-state index in [0.29, 0.717) is 12.6 Å². The van der Waals surface area contributed by atoms with Crippen molar-refractivity contribution in [3.8, 4) is 0 Å². The molecule has 1 unspecified atom stereocenters. The normalized spacial score (nSPS) is 27.8. The minimum Gasteiger partial charge on any atom is -0.394 e. The molecule has 1 heterocycles. The monoisotopic (exact) mass is 174 g/mol. The van der Waals surface area contributed by atoms with Gasteiger partial charge in [-0.2, -0.15) is 0 Å². The molecule has 0 spiro atoms. The molecular formula is C8H18N2O2. The molecule has 2 atom stereocenters. The Morgan fingerprint density at radius 1 is 1.67 bits per heavy atom. The van der Waals surface area contributed by atoms with Crippen molar-refractivity contribution >= 4 is 0 Å². The van der Waals surface area contributed by atoms with E-state index in [1.807, 2.05) is 0 Å². The van der Waals surface area contributed by atoms with E-state index < -0.39 is 6.10 Å². The molecule has 1 fully saturated rings. The summed E-state index contributed by atoms with van der Waals surface area (Å²) < 4.78 is 0. The maximum Gasteiger partial charge on any atom is 0.0895 e. The summed E-state index contributed by atoms with van der Waals surface area (Å²) in [5.74, 6) is 0. The molecule has 1 saturated heterocycles. The molecule has 0 aromatic heterocycles. The van der Waals surface area contributed by atoms with E-state index in [4.69, 9.17) is 10.2 Å². The Kier molecular flexibility index (Phi) is 3.94. The molecule has 0 aromatic carbocycles. The van der Waals surface area contributed by atoms with Crippen molar-refractivity contribution in [2.75, 3.05) is 33.3 Å². The van der Waals surface area contributed by atoms with Crippen LogP contribution in [0.5, 0.6) is 0 Å². The number of hydrogen-bond donors (Lipinski definition) is 3. The maximum atomic E-state index is 9.06. The Bertz CT molecular complexity index is 132. The first-order valence-corrected chi connectivity index (χ1v) is 4.43. The van der Waals surface area contributed by atoms with Crippen LogP contribution in [-0.4, -0.2) is 60.5 Å². The first kappa shape index (κ1) is 9.92. The van der Waals surface area contributed by atoms with Crippen LogP contribution in [0.4, 0.5) is 0 Å². The van der Waals surface area contributed by atoms with Crippen molar-refractivity contribution in [2.24, 2.45) is 0 Å². The van der Waals surface area contributed by atoms with Gasteiger partial charge in [-0.1, -0.05) is 0 Å². The molecule has 72 valence electrons. The minimum atomic E-state index is -0.615. The number of rotatable bonds is 4. The van der Waals surface area contributed by atoms with Crippen molar-refractivity contribution in [1.82, 2.24) is 10.2 Å². The van der Waals surface area contributed by atoms with Crippen LogP contribution >= 0.6 is 0 Å². The highest BCUT2D eigenvalue weighted by molar-refractivity contribution is 4.79. The average molecular weight is 174 g/mol. The second-order valence-corrected chi connectivity index (χ2v) is 3.49. The zero-order chi connectivity index (χ0) is 8.97. The van der Waals surface area contributed by atoms with E-state index in [9.17, 15) is 0 Å². The van der Waals surface area contributed by atoms with Crippen molar-refractivity contribution in [3.05, 3.63) is 0 Å². The van der Waals surface area contributed by atoms with Crippen molar-refractivity contribution in [3.63, 3.8) is 0 Å². The van der Waals surface area contributed by atoms with Gasteiger partial charge in [0.1, 0.15) is 0 Å². The lowest BCUT2D eigenvalue weighted by atomic mass is 10.2. The summed E-state index contributed by atoms with van der Waals surface area (Å²) in [4.78, 5) is 2.25. The summed E-state index contributed by atoms with van der Waals surface area (Å²) in [6.07, 6.45) is 0.519. The Labute approximate surface area is 73.2 Å². The third-order valence-corrected chi connectivity index (χ3v) is 2.24. The Morgan fingerprint density at radius 2 is 2.42 bits per heavy atom. The molecule has 0 saturated carbocycles.